The molecule has 0 saturated heterocycles. The number of carbonyl (C=O) groups is 2. The maximum Gasteiger partial charge on any atom is 0.507 e. The Balaban J connectivity index is 1.45. The number of amides is 1. The first-order valence-electron chi connectivity index (χ1n) is 11.5. The fraction of sp³-hybridized carbons (Fsp3) is 0.259. The fourth-order valence-corrected chi connectivity index (χ4v) is 4.94. The van der Waals surface area contributed by atoms with Gasteiger partial charge in [0.2, 0.25) is 0 Å². The molecule has 0 aromatic heterocycles. The molecule has 0 unspecified atom stereocenters. The maximum absolute atomic E-state index is 13.2. The van der Waals surface area contributed by atoms with E-state index in [-0.39, 0.29) is 47.4 Å². The lowest BCUT2D eigenvalue weighted by atomic mass is 10.1. The molecule has 0 radical (unpaired) electrons. The Kier molecular flexibility index (Phi) is 8.05. The summed E-state index contributed by atoms with van der Waals surface area (Å²) in [5.41, 5.74) is -3.23. The number of alkyl halides is 3. The molecular formula is C27H24F3NO6S. The molecular weight excluding hydrogens is 523 g/mol. The first kappa shape index (κ1) is 27.2. The van der Waals surface area contributed by atoms with Gasteiger partial charge in [0.1, 0.15) is 0 Å². The Labute approximate surface area is 220 Å². The Morgan fingerprint density at radius 2 is 1.71 bits per heavy atom. The molecule has 200 valence electrons. The zero-order valence-electron chi connectivity index (χ0n) is 20.2. The molecule has 0 saturated carbocycles. The van der Waals surface area contributed by atoms with Crippen molar-refractivity contribution in [1.29, 1.82) is 0 Å². The van der Waals surface area contributed by atoms with Gasteiger partial charge in [0.25, 0.3) is 5.91 Å². The lowest BCUT2D eigenvalue weighted by Crippen LogP contribution is -2.52. The molecule has 11 heteroatoms. The molecule has 4 rings (SSSR count). The number of carboxylic acid groups (broad SMARTS) is 1. The highest BCUT2D eigenvalue weighted by molar-refractivity contribution is 8.00. The molecule has 1 aliphatic rings. The van der Waals surface area contributed by atoms with E-state index in [1.54, 1.807) is 18.2 Å². The fourth-order valence-electron chi connectivity index (χ4n) is 4.32. The van der Waals surface area contributed by atoms with E-state index in [2.05, 4.69) is 5.32 Å². The summed E-state index contributed by atoms with van der Waals surface area (Å²) in [5.74, 6) is 0.0417. The van der Waals surface area contributed by atoms with E-state index in [1.807, 2.05) is 24.3 Å². The van der Waals surface area contributed by atoms with Gasteiger partial charge in [0.05, 0.1) is 13.7 Å². The number of rotatable bonds is 9. The van der Waals surface area contributed by atoms with Gasteiger partial charge in [0.15, 0.2) is 17.2 Å². The van der Waals surface area contributed by atoms with Crippen molar-refractivity contribution < 1.29 is 42.1 Å². The van der Waals surface area contributed by atoms with E-state index in [4.69, 9.17) is 14.2 Å². The predicted molar refractivity (Wildman–Crippen MR) is 134 cm³/mol. The maximum atomic E-state index is 13.2. The second kappa shape index (κ2) is 11.3. The van der Waals surface area contributed by atoms with Crippen LogP contribution in [0.15, 0.2) is 71.6 Å². The van der Waals surface area contributed by atoms with E-state index in [0.717, 1.165) is 11.1 Å². The minimum absolute atomic E-state index is 0.0813. The molecule has 0 heterocycles. The van der Waals surface area contributed by atoms with Gasteiger partial charge in [-0.2, -0.15) is 13.2 Å². The molecule has 1 amide bonds. The Hall–Kier alpha value is -3.86. The van der Waals surface area contributed by atoms with Gasteiger partial charge in [-0.1, -0.05) is 36.4 Å². The summed E-state index contributed by atoms with van der Waals surface area (Å²) in [6.45, 7) is 0.114. The van der Waals surface area contributed by atoms with Gasteiger partial charge in [-0.05, 0) is 58.8 Å². The van der Waals surface area contributed by atoms with Crippen LogP contribution in [0.5, 0.6) is 11.5 Å². The van der Waals surface area contributed by atoms with Crippen LogP contribution in [0.3, 0.4) is 0 Å². The summed E-state index contributed by atoms with van der Waals surface area (Å²) in [6.07, 6.45) is -0.812. The van der Waals surface area contributed by atoms with Crippen LogP contribution in [0.4, 0.5) is 18.0 Å². The van der Waals surface area contributed by atoms with Gasteiger partial charge in [0, 0.05) is 29.7 Å². The van der Waals surface area contributed by atoms with Crippen molar-refractivity contribution in [3.63, 3.8) is 0 Å². The molecule has 0 atom stereocenters. The zero-order chi connectivity index (χ0) is 27.3. The summed E-state index contributed by atoms with van der Waals surface area (Å²) in [5, 5.41) is 12.0. The average Bonchev–Trinajstić information content (AvgIpc) is 3.19. The SMILES string of the molecule is COc1ccc(C(=O)NC2(OC(=O)O)Cc3ccccc3C2)cc1OCCc1cccc(SC(F)(F)F)c1. The Bertz CT molecular complexity index is 1310. The van der Waals surface area contributed by atoms with E-state index in [1.165, 1.54) is 31.4 Å². The number of benzene rings is 3. The normalized spacial score (nSPS) is 13.9. The molecule has 0 bridgehead atoms. The summed E-state index contributed by atoms with van der Waals surface area (Å²) in [4.78, 5) is 24.7. The summed E-state index contributed by atoms with van der Waals surface area (Å²) in [7, 11) is 1.44. The summed E-state index contributed by atoms with van der Waals surface area (Å²) in [6, 6.07) is 18.0. The van der Waals surface area contributed by atoms with Crippen LogP contribution in [-0.2, 0) is 24.0 Å². The predicted octanol–water partition coefficient (Wildman–Crippen LogP) is 5.85. The summed E-state index contributed by atoms with van der Waals surface area (Å²) < 4.78 is 54.3. The number of methoxy groups -OCH3 is 1. The van der Waals surface area contributed by atoms with Gasteiger partial charge >= 0.3 is 11.7 Å². The number of nitrogens with one attached hydrogen (secondary N) is 1. The van der Waals surface area contributed by atoms with E-state index in [9.17, 15) is 27.9 Å². The number of hydrogen-bond acceptors (Lipinski definition) is 6. The second-order valence-corrected chi connectivity index (χ2v) is 9.74. The molecule has 0 aliphatic heterocycles. The topological polar surface area (TPSA) is 94.1 Å². The number of halogens is 3. The first-order chi connectivity index (χ1) is 18.1. The lowest BCUT2D eigenvalue weighted by Gasteiger charge is -2.28. The van der Waals surface area contributed by atoms with Crippen molar-refractivity contribution in [2.45, 2.75) is 35.4 Å². The van der Waals surface area contributed by atoms with E-state index >= 15 is 0 Å². The number of carbonyl (C=O) groups excluding carboxylic acids is 1. The van der Waals surface area contributed by atoms with Crippen LogP contribution in [0.1, 0.15) is 27.0 Å². The smallest absolute Gasteiger partial charge is 0.493 e. The van der Waals surface area contributed by atoms with Crippen molar-refractivity contribution in [1.82, 2.24) is 5.32 Å². The van der Waals surface area contributed by atoms with Crippen LogP contribution < -0.4 is 14.8 Å². The van der Waals surface area contributed by atoms with E-state index in [0.29, 0.717) is 17.7 Å². The third-order valence-electron chi connectivity index (χ3n) is 5.90. The van der Waals surface area contributed by atoms with Crippen LogP contribution in [-0.4, -0.2) is 42.1 Å². The van der Waals surface area contributed by atoms with Gasteiger partial charge in [-0.25, -0.2) is 4.79 Å². The number of fused-ring (bicyclic) bond motifs is 1. The van der Waals surface area contributed by atoms with Crippen LogP contribution in [0.25, 0.3) is 0 Å². The third kappa shape index (κ3) is 6.91. The zero-order valence-corrected chi connectivity index (χ0v) is 21.0. The molecule has 2 N–H and O–H groups in total. The highest BCUT2D eigenvalue weighted by atomic mass is 32.2. The summed E-state index contributed by atoms with van der Waals surface area (Å²) >= 11 is -0.184. The van der Waals surface area contributed by atoms with Crippen molar-refractivity contribution in [3.05, 3.63) is 89.0 Å². The van der Waals surface area contributed by atoms with E-state index < -0.39 is 23.3 Å². The number of ether oxygens (including phenoxy) is 3. The molecule has 38 heavy (non-hydrogen) atoms. The first-order valence-corrected chi connectivity index (χ1v) is 12.3. The van der Waals surface area contributed by atoms with Crippen molar-refractivity contribution in [2.24, 2.45) is 0 Å². The Morgan fingerprint density at radius 3 is 2.34 bits per heavy atom. The average molecular weight is 548 g/mol. The largest absolute Gasteiger partial charge is 0.507 e. The van der Waals surface area contributed by atoms with Gasteiger partial charge < -0.3 is 24.6 Å². The van der Waals surface area contributed by atoms with Gasteiger partial charge in [-0.3, -0.25) is 4.79 Å². The Morgan fingerprint density at radius 1 is 1.00 bits per heavy atom. The van der Waals surface area contributed by atoms with Crippen molar-refractivity contribution >= 4 is 23.8 Å². The van der Waals surface area contributed by atoms with Crippen LogP contribution >= 0.6 is 11.8 Å². The number of thioether (sulfide) groups is 1. The highest BCUT2D eigenvalue weighted by Gasteiger charge is 2.42. The van der Waals surface area contributed by atoms with Crippen LogP contribution in [0.2, 0.25) is 0 Å². The number of hydrogen-bond donors (Lipinski definition) is 2. The third-order valence-corrected chi connectivity index (χ3v) is 6.62. The van der Waals surface area contributed by atoms with Crippen LogP contribution in [0, 0.1) is 0 Å². The molecule has 1 aliphatic carbocycles. The lowest BCUT2D eigenvalue weighted by molar-refractivity contribution is -0.0332. The monoisotopic (exact) mass is 547 g/mol. The highest BCUT2D eigenvalue weighted by Crippen LogP contribution is 2.37. The molecule has 3 aromatic carbocycles. The molecule has 3 aromatic rings. The van der Waals surface area contributed by atoms with Crippen molar-refractivity contribution in [3.8, 4) is 11.5 Å². The molecule has 0 fully saturated rings. The van der Waals surface area contributed by atoms with Gasteiger partial charge in [-0.15, -0.1) is 0 Å². The molecule has 7 nitrogen and oxygen atoms in total. The minimum atomic E-state index is -4.38. The van der Waals surface area contributed by atoms with Crippen molar-refractivity contribution in [2.75, 3.05) is 13.7 Å². The standard InChI is InChI=1S/C27H24F3NO6S/c1-35-22-10-9-18(14-23(22)36-12-11-17-5-4-8-21(13-17)38-27(28,29)30)24(32)31-26(37-25(33)34)15-19-6-2-3-7-20(19)16-26/h2-10,13-14H,11-12,15-16H2,1H3,(H,31,32)(H,33,34). The minimum Gasteiger partial charge on any atom is -0.493 e. The molecule has 0 spiro atoms. The quantitative estimate of drug-likeness (QED) is 0.197. The second-order valence-electron chi connectivity index (χ2n) is 8.60.